The van der Waals surface area contributed by atoms with Crippen molar-refractivity contribution in [2.45, 2.75) is 0 Å². The highest BCUT2D eigenvalue weighted by atomic mass is 35.5. The van der Waals surface area contributed by atoms with Gasteiger partial charge in [0.05, 0.1) is 10.7 Å². The Hall–Kier alpha value is -1.59. The molecule has 0 aliphatic heterocycles. The van der Waals surface area contributed by atoms with Gasteiger partial charge in [0.1, 0.15) is 16.4 Å². The lowest BCUT2D eigenvalue weighted by Crippen LogP contribution is -2.11. The van der Waals surface area contributed by atoms with Gasteiger partial charge < -0.3 is 10.4 Å². The predicted octanol–water partition coefficient (Wildman–Crippen LogP) is 3.50. The monoisotopic (exact) mass is 271 g/mol. The van der Waals surface area contributed by atoms with Crippen LogP contribution >= 0.6 is 22.9 Å². The summed E-state index contributed by atoms with van der Waals surface area (Å²) in [4.78, 5) is 12.0. The third-order valence-electron chi connectivity index (χ3n) is 2.02. The zero-order valence-corrected chi connectivity index (χ0v) is 9.98. The highest BCUT2D eigenvalue weighted by molar-refractivity contribution is 7.12. The molecule has 0 fully saturated rings. The Labute approximate surface area is 105 Å². The number of amides is 1. The lowest BCUT2D eigenvalue weighted by molar-refractivity contribution is 0.103. The van der Waals surface area contributed by atoms with Gasteiger partial charge in [-0.25, -0.2) is 4.39 Å². The van der Waals surface area contributed by atoms with Crippen molar-refractivity contribution in [3.8, 4) is 5.75 Å². The van der Waals surface area contributed by atoms with Crippen LogP contribution < -0.4 is 5.32 Å². The molecule has 1 aromatic carbocycles. The molecule has 3 nitrogen and oxygen atoms in total. The molecule has 2 aromatic rings. The van der Waals surface area contributed by atoms with Crippen molar-refractivity contribution >= 4 is 34.5 Å². The van der Waals surface area contributed by atoms with E-state index in [4.69, 9.17) is 16.7 Å². The van der Waals surface area contributed by atoms with Crippen LogP contribution in [-0.2, 0) is 0 Å². The number of anilines is 1. The summed E-state index contributed by atoms with van der Waals surface area (Å²) >= 11 is 6.95. The largest absolute Gasteiger partial charge is 0.508 e. The van der Waals surface area contributed by atoms with Crippen molar-refractivity contribution in [3.63, 3.8) is 0 Å². The second-order valence-electron chi connectivity index (χ2n) is 3.22. The van der Waals surface area contributed by atoms with E-state index in [0.717, 1.165) is 6.07 Å². The topological polar surface area (TPSA) is 49.3 Å². The number of thiophene rings is 1. The maximum atomic E-state index is 13.3. The third kappa shape index (κ3) is 2.57. The van der Waals surface area contributed by atoms with Gasteiger partial charge in [-0.3, -0.25) is 4.79 Å². The minimum absolute atomic E-state index is 0.00253. The van der Waals surface area contributed by atoms with Crippen molar-refractivity contribution in [2.24, 2.45) is 0 Å². The molecule has 0 saturated carbocycles. The van der Waals surface area contributed by atoms with E-state index in [-0.39, 0.29) is 11.4 Å². The molecule has 1 amide bonds. The molecule has 1 aromatic heterocycles. The lowest BCUT2D eigenvalue weighted by Gasteiger charge is -2.05. The lowest BCUT2D eigenvalue weighted by atomic mass is 10.3. The van der Waals surface area contributed by atoms with Crippen LogP contribution in [0.15, 0.2) is 29.6 Å². The van der Waals surface area contributed by atoms with Crippen LogP contribution in [0.1, 0.15) is 9.67 Å². The molecule has 0 spiro atoms. The molecule has 6 heteroatoms. The van der Waals surface area contributed by atoms with Gasteiger partial charge in [0, 0.05) is 6.07 Å². The Morgan fingerprint density at radius 3 is 2.76 bits per heavy atom. The number of phenolic OH excluding ortho intramolecular Hbond substituents is 1. The van der Waals surface area contributed by atoms with Crippen molar-refractivity contribution < 1.29 is 14.3 Å². The number of carbonyl (C=O) groups is 1. The highest BCUT2D eigenvalue weighted by Crippen LogP contribution is 2.25. The van der Waals surface area contributed by atoms with E-state index in [0.29, 0.717) is 9.90 Å². The van der Waals surface area contributed by atoms with Crippen LogP contribution in [0, 0.1) is 5.82 Å². The van der Waals surface area contributed by atoms with Crippen LogP contribution in [0.25, 0.3) is 0 Å². The van der Waals surface area contributed by atoms with Gasteiger partial charge in [-0.05, 0) is 23.6 Å². The average Bonchev–Trinajstić information content (AvgIpc) is 2.68. The first-order valence-electron chi connectivity index (χ1n) is 4.61. The van der Waals surface area contributed by atoms with Crippen molar-refractivity contribution in [1.82, 2.24) is 0 Å². The van der Waals surface area contributed by atoms with Crippen LogP contribution in [-0.4, -0.2) is 11.0 Å². The number of phenols is 1. The fourth-order valence-electron chi connectivity index (χ4n) is 1.24. The molecule has 2 N–H and O–H groups in total. The fourth-order valence-corrected chi connectivity index (χ4v) is 2.28. The Morgan fingerprint density at radius 1 is 1.41 bits per heavy atom. The summed E-state index contributed by atoms with van der Waals surface area (Å²) in [5, 5.41) is 13.4. The van der Waals surface area contributed by atoms with Crippen LogP contribution in [0.2, 0.25) is 5.02 Å². The van der Waals surface area contributed by atoms with E-state index in [1.165, 1.54) is 23.5 Å². The van der Waals surface area contributed by atoms with E-state index in [1.54, 1.807) is 11.4 Å². The number of aromatic hydroxyl groups is 1. The first-order chi connectivity index (χ1) is 8.08. The Morgan fingerprint density at radius 2 is 2.18 bits per heavy atom. The molecule has 0 atom stereocenters. The normalized spacial score (nSPS) is 10.2. The summed E-state index contributed by atoms with van der Waals surface area (Å²) in [6.07, 6.45) is 0. The molecule has 0 radical (unpaired) electrons. The standard InChI is InChI=1S/C11H7ClFNO2S/c12-7-3-4-17-10(7)11(16)14-9-2-1-6(15)5-8(9)13/h1-5,15H,(H,14,16). The SMILES string of the molecule is O=C(Nc1ccc(O)cc1F)c1sccc1Cl. The number of halogens is 2. The minimum Gasteiger partial charge on any atom is -0.508 e. The number of nitrogens with one attached hydrogen (secondary N) is 1. The summed E-state index contributed by atoms with van der Waals surface area (Å²) in [5.41, 5.74) is -0.00253. The molecular weight excluding hydrogens is 265 g/mol. The summed E-state index contributed by atoms with van der Waals surface area (Å²) < 4.78 is 13.3. The molecule has 1 heterocycles. The quantitative estimate of drug-likeness (QED) is 0.822. The fraction of sp³-hybridized carbons (Fsp3) is 0. The number of hydrogen-bond acceptors (Lipinski definition) is 3. The second kappa shape index (κ2) is 4.73. The summed E-state index contributed by atoms with van der Waals surface area (Å²) in [7, 11) is 0. The minimum atomic E-state index is -0.703. The number of hydrogen-bond donors (Lipinski definition) is 2. The van der Waals surface area contributed by atoms with E-state index in [9.17, 15) is 9.18 Å². The molecule has 2 rings (SSSR count). The molecule has 0 aliphatic rings. The van der Waals surface area contributed by atoms with Crippen LogP contribution in [0.5, 0.6) is 5.75 Å². The zero-order chi connectivity index (χ0) is 12.4. The molecular formula is C11H7ClFNO2S. The maximum Gasteiger partial charge on any atom is 0.267 e. The van der Waals surface area contributed by atoms with Crippen molar-refractivity contribution in [1.29, 1.82) is 0 Å². The molecule has 0 saturated heterocycles. The van der Waals surface area contributed by atoms with E-state index < -0.39 is 11.7 Å². The highest BCUT2D eigenvalue weighted by Gasteiger charge is 2.14. The van der Waals surface area contributed by atoms with Crippen molar-refractivity contribution in [3.05, 3.63) is 45.4 Å². The zero-order valence-electron chi connectivity index (χ0n) is 8.41. The summed E-state index contributed by atoms with van der Waals surface area (Å²) in [6.45, 7) is 0. The molecule has 0 aliphatic carbocycles. The first-order valence-corrected chi connectivity index (χ1v) is 5.86. The van der Waals surface area contributed by atoms with Gasteiger partial charge in [-0.2, -0.15) is 0 Å². The molecule has 0 bridgehead atoms. The first kappa shape index (κ1) is 11.9. The summed E-state index contributed by atoms with van der Waals surface area (Å²) in [6, 6.07) is 5.08. The van der Waals surface area contributed by atoms with Gasteiger partial charge in [0.2, 0.25) is 0 Å². The third-order valence-corrected chi connectivity index (χ3v) is 3.36. The number of carbonyl (C=O) groups excluding carboxylic acids is 1. The predicted molar refractivity (Wildman–Crippen MR) is 65.3 cm³/mol. The average molecular weight is 272 g/mol. The van der Waals surface area contributed by atoms with Crippen LogP contribution in [0.3, 0.4) is 0 Å². The molecule has 17 heavy (non-hydrogen) atoms. The van der Waals surface area contributed by atoms with Gasteiger partial charge in [-0.15, -0.1) is 11.3 Å². The smallest absolute Gasteiger partial charge is 0.267 e. The molecule has 0 unspecified atom stereocenters. The van der Waals surface area contributed by atoms with Crippen LogP contribution in [0.4, 0.5) is 10.1 Å². The van der Waals surface area contributed by atoms with Crippen molar-refractivity contribution in [2.75, 3.05) is 5.32 Å². The van der Waals surface area contributed by atoms with E-state index in [2.05, 4.69) is 5.32 Å². The Kier molecular flexibility index (Phi) is 3.31. The van der Waals surface area contributed by atoms with E-state index in [1.807, 2.05) is 0 Å². The summed E-state index contributed by atoms with van der Waals surface area (Å²) in [5.74, 6) is -1.38. The Balaban J connectivity index is 2.22. The van der Waals surface area contributed by atoms with Gasteiger partial charge in [-0.1, -0.05) is 11.6 Å². The number of rotatable bonds is 2. The maximum absolute atomic E-state index is 13.3. The van der Waals surface area contributed by atoms with Gasteiger partial charge >= 0.3 is 0 Å². The van der Waals surface area contributed by atoms with E-state index >= 15 is 0 Å². The molecule has 88 valence electrons. The Bertz CT molecular complexity index is 570. The van der Waals surface area contributed by atoms with Gasteiger partial charge in [0.25, 0.3) is 5.91 Å². The second-order valence-corrected chi connectivity index (χ2v) is 4.54. The number of benzene rings is 1. The van der Waals surface area contributed by atoms with Gasteiger partial charge in [0.15, 0.2) is 0 Å².